The first kappa shape index (κ1) is 21.3. The van der Waals surface area contributed by atoms with Gasteiger partial charge in [0.1, 0.15) is 17.3 Å². The van der Waals surface area contributed by atoms with Gasteiger partial charge in [-0.1, -0.05) is 26.0 Å². The lowest BCUT2D eigenvalue weighted by Crippen LogP contribution is -2.26. The molecule has 1 aliphatic heterocycles. The number of hydrogen-bond donors (Lipinski definition) is 4. The van der Waals surface area contributed by atoms with Crippen LogP contribution in [-0.4, -0.2) is 45.2 Å². The third-order valence-corrected chi connectivity index (χ3v) is 5.39. The second-order valence-electron chi connectivity index (χ2n) is 8.36. The van der Waals surface area contributed by atoms with E-state index in [2.05, 4.69) is 36.3 Å². The van der Waals surface area contributed by atoms with Crippen LogP contribution in [0.2, 0.25) is 0 Å². The summed E-state index contributed by atoms with van der Waals surface area (Å²) in [6.07, 6.45) is 0. The number of aromatic nitrogens is 4. The van der Waals surface area contributed by atoms with Gasteiger partial charge in [-0.3, -0.25) is 14.3 Å². The number of nitrogens with zero attached hydrogens (tertiary/aromatic N) is 4. The maximum Gasteiger partial charge on any atom is 0.274 e. The van der Waals surface area contributed by atoms with Gasteiger partial charge in [-0.15, -0.1) is 0 Å². The number of fused-ring (bicyclic) bond motifs is 1. The van der Waals surface area contributed by atoms with Crippen molar-refractivity contribution in [1.29, 1.82) is 0 Å². The van der Waals surface area contributed by atoms with Crippen LogP contribution in [0.15, 0.2) is 30.3 Å². The predicted octanol–water partition coefficient (Wildman–Crippen LogP) is 2.58. The molecule has 0 saturated carbocycles. The Kier molecular flexibility index (Phi) is 5.29. The smallest absolute Gasteiger partial charge is 0.274 e. The molecule has 10 heteroatoms. The van der Waals surface area contributed by atoms with Gasteiger partial charge in [0.2, 0.25) is 5.95 Å². The van der Waals surface area contributed by atoms with Gasteiger partial charge >= 0.3 is 0 Å². The first-order valence-electron chi connectivity index (χ1n) is 10.3. The van der Waals surface area contributed by atoms with Gasteiger partial charge in [0, 0.05) is 37.7 Å². The minimum atomic E-state index is -0.416. The highest BCUT2D eigenvalue weighted by Crippen LogP contribution is 2.38. The molecule has 3 aromatic rings. The highest BCUT2D eigenvalue weighted by molar-refractivity contribution is 6.09. The standard InChI is InChI=1S/C22H26N8O2/c1-12-10-15(30(5)29-12)26-21-27-17(16-18(28-21)24-11-22(16,2)3)20(32)25-14-9-7-6-8-13(14)19(31)23-4/h6-10H,11H2,1-5H3,(H,23,31)(H,25,32)(H2,24,26,27,28). The molecule has 0 saturated heterocycles. The van der Waals surface area contributed by atoms with Crippen LogP contribution in [0, 0.1) is 6.92 Å². The molecule has 1 aromatic carbocycles. The van der Waals surface area contributed by atoms with Crippen molar-refractivity contribution < 1.29 is 9.59 Å². The zero-order valence-electron chi connectivity index (χ0n) is 18.7. The number of nitrogens with one attached hydrogen (secondary N) is 4. The zero-order chi connectivity index (χ0) is 23.0. The molecule has 0 aliphatic carbocycles. The molecular weight excluding hydrogens is 408 g/mol. The number of rotatable bonds is 5. The van der Waals surface area contributed by atoms with Crippen LogP contribution < -0.4 is 21.3 Å². The van der Waals surface area contributed by atoms with E-state index < -0.39 is 5.91 Å². The first-order chi connectivity index (χ1) is 15.2. The SMILES string of the molecule is CNC(=O)c1ccccc1NC(=O)c1nc(Nc2cc(C)nn2C)nc2c1C(C)(C)CN2. The van der Waals surface area contributed by atoms with Gasteiger partial charge in [0.05, 0.1) is 16.9 Å². The molecule has 0 bridgehead atoms. The van der Waals surface area contributed by atoms with Crippen LogP contribution in [0.3, 0.4) is 0 Å². The molecule has 0 spiro atoms. The van der Waals surface area contributed by atoms with Crippen molar-refractivity contribution in [2.24, 2.45) is 7.05 Å². The van der Waals surface area contributed by atoms with Crippen molar-refractivity contribution in [3.8, 4) is 0 Å². The van der Waals surface area contributed by atoms with E-state index in [1.807, 2.05) is 33.9 Å². The highest BCUT2D eigenvalue weighted by Gasteiger charge is 2.37. The lowest BCUT2D eigenvalue weighted by atomic mass is 9.86. The maximum absolute atomic E-state index is 13.4. The van der Waals surface area contributed by atoms with Gasteiger partial charge in [0.15, 0.2) is 0 Å². The monoisotopic (exact) mass is 434 g/mol. The summed E-state index contributed by atoms with van der Waals surface area (Å²) in [7, 11) is 3.36. The van der Waals surface area contributed by atoms with Crippen molar-refractivity contribution in [1.82, 2.24) is 25.1 Å². The molecule has 2 amide bonds. The number of anilines is 4. The number of hydrogen-bond acceptors (Lipinski definition) is 7. The lowest BCUT2D eigenvalue weighted by Gasteiger charge is -2.20. The molecule has 4 rings (SSSR count). The largest absolute Gasteiger partial charge is 0.369 e. The highest BCUT2D eigenvalue weighted by atomic mass is 16.2. The zero-order valence-corrected chi connectivity index (χ0v) is 18.7. The van der Waals surface area contributed by atoms with E-state index in [0.29, 0.717) is 29.4 Å². The van der Waals surface area contributed by atoms with Gasteiger partial charge in [-0.25, -0.2) is 4.98 Å². The molecular formula is C22H26N8O2. The van der Waals surface area contributed by atoms with Crippen LogP contribution in [0.25, 0.3) is 0 Å². The Morgan fingerprint density at radius 1 is 1.16 bits per heavy atom. The van der Waals surface area contributed by atoms with Crippen LogP contribution in [0.4, 0.5) is 23.3 Å². The molecule has 4 N–H and O–H groups in total. The van der Waals surface area contributed by atoms with Crippen molar-refractivity contribution in [2.45, 2.75) is 26.2 Å². The average Bonchev–Trinajstić information content (AvgIpc) is 3.24. The van der Waals surface area contributed by atoms with Crippen molar-refractivity contribution in [3.63, 3.8) is 0 Å². The maximum atomic E-state index is 13.4. The predicted molar refractivity (Wildman–Crippen MR) is 123 cm³/mol. The van der Waals surface area contributed by atoms with Crippen molar-refractivity contribution in [2.75, 3.05) is 29.5 Å². The van der Waals surface area contributed by atoms with Crippen molar-refractivity contribution in [3.05, 3.63) is 52.8 Å². The molecule has 32 heavy (non-hydrogen) atoms. The number of aryl methyl sites for hydroxylation is 2. The molecule has 10 nitrogen and oxygen atoms in total. The molecule has 2 aromatic heterocycles. The topological polar surface area (TPSA) is 126 Å². The molecule has 0 fully saturated rings. The number of benzene rings is 1. The third kappa shape index (κ3) is 3.86. The summed E-state index contributed by atoms with van der Waals surface area (Å²) in [6, 6.07) is 8.71. The Labute approximate surface area is 185 Å². The van der Waals surface area contributed by atoms with Gasteiger partial charge < -0.3 is 21.3 Å². The minimum Gasteiger partial charge on any atom is -0.369 e. The minimum absolute atomic E-state index is 0.248. The van der Waals surface area contributed by atoms with E-state index in [1.165, 1.54) is 0 Å². The lowest BCUT2D eigenvalue weighted by molar-refractivity contribution is 0.0964. The normalized spacial score (nSPS) is 13.8. The second kappa shape index (κ2) is 7.95. The summed E-state index contributed by atoms with van der Waals surface area (Å²) in [4.78, 5) is 34.8. The Hall–Kier alpha value is -3.95. The molecule has 0 atom stereocenters. The molecule has 0 unspecified atom stereocenters. The molecule has 1 aliphatic rings. The van der Waals surface area contributed by atoms with Crippen molar-refractivity contribution >= 4 is 35.1 Å². The quantitative estimate of drug-likeness (QED) is 0.486. The van der Waals surface area contributed by atoms with E-state index in [4.69, 9.17) is 0 Å². The average molecular weight is 435 g/mol. The fraction of sp³-hybridized carbons (Fsp3) is 0.318. The van der Waals surface area contributed by atoms with Crippen LogP contribution in [0.5, 0.6) is 0 Å². The fourth-order valence-electron chi connectivity index (χ4n) is 3.79. The summed E-state index contributed by atoms with van der Waals surface area (Å²) < 4.78 is 1.68. The number of amides is 2. The fourth-order valence-corrected chi connectivity index (χ4v) is 3.79. The second-order valence-corrected chi connectivity index (χ2v) is 8.36. The van der Waals surface area contributed by atoms with Crippen LogP contribution >= 0.6 is 0 Å². The van der Waals surface area contributed by atoms with E-state index in [0.717, 1.165) is 11.3 Å². The third-order valence-electron chi connectivity index (χ3n) is 5.39. The molecule has 3 heterocycles. The van der Waals surface area contributed by atoms with Crippen LogP contribution in [0.1, 0.15) is 46.0 Å². The van der Waals surface area contributed by atoms with Gasteiger partial charge in [-0.05, 0) is 19.1 Å². The Balaban J connectivity index is 1.74. The Morgan fingerprint density at radius 2 is 1.91 bits per heavy atom. The van der Waals surface area contributed by atoms with E-state index >= 15 is 0 Å². The summed E-state index contributed by atoms with van der Waals surface area (Å²) in [5, 5.41) is 16.2. The van der Waals surface area contributed by atoms with Crippen LogP contribution in [-0.2, 0) is 12.5 Å². The van der Waals surface area contributed by atoms with E-state index in [-0.39, 0.29) is 23.0 Å². The Morgan fingerprint density at radius 3 is 2.59 bits per heavy atom. The number of carbonyl (C=O) groups excluding carboxylic acids is 2. The van der Waals surface area contributed by atoms with E-state index in [1.54, 1.807) is 36.0 Å². The summed E-state index contributed by atoms with van der Waals surface area (Å²) in [6.45, 7) is 6.58. The molecule has 166 valence electrons. The summed E-state index contributed by atoms with van der Waals surface area (Å²) in [5.41, 5.74) is 2.26. The number of carbonyl (C=O) groups is 2. The van der Waals surface area contributed by atoms with Gasteiger partial charge in [-0.2, -0.15) is 10.1 Å². The first-order valence-corrected chi connectivity index (χ1v) is 10.3. The van der Waals surface area contributed by atoms with Gasteiger partial charge in [0.25, 0.3) is 11.8 Å². The Bertz CT molecular complexity index is 1210. The summed E-state index contributed by atoms with van der Waals surface area (Å²) in [5.74, 6) is 0.889. The molecule has 0 radical (unpaired) electrons. The number of para-hydroxylation sites is 1. The van der Waals surface area contributed by atoms with E-state index in [9.17, 15) is 9.59 Å². The summed E-state index contributed by atoms with van der Waals surface area (Å²) >= 11 is 0.